The van der Waals surface area contributed by atoms with E-state index >= 15 is 0 Å². The summed E-state index contributed by atoms with van der Waals surface area (Å²) in [6, 6.07) is 11.7. The van der Waals surface area contributed by atoms with E-state index in [1.54, 1.807) is 24.3 Å². The van der Waals surface area contributed by atoms with Crippen molar-refractivity contribution in [1.29, 1.82) is 0 Å². The number of ether oxygens (including phenoxy) is 1. The molecule has 2 aromatic rings. The standard InChI is InChI=1S/C14H9Cl3O2/c15-10-3-1-2-9(6-10)8-19-14(18)12-5-4-11(16)7-13(12)17/h1-7H,8H2. The van der Waals surface area contributed by atoms with Crippen molar-refractivity contribution in [1.82, 2.24) is 0 Å². The molecule has 0 aromatic heterocycles. The van der Waals surface area contributed by atoms with Gasteiger partial charge in [0.2, 0.25) is 0 Å². The van der Waals surface area contributed by atoms with Gasteiger partial charge in [0.25, 0.3) is 0 Å². The molecular formula is C14H9Cl3O2. The Morgan fingerprint density at radius 2 is 1.74 bits per heavy atom. The molecule has 0 radical (unpaired) electrons. The average molecular weight is 316 g/mol. The zero-order chi connectivity index (χ0) is 13.8. The van der Waals surface area contributed by atoms with Crippen LogP contribution in [0.4, 0.5) is 0 Å². The third-order valence-corrected chi connectivity index (χ3v) is 3.19. The zero-order valence-electron chi connectivity index (χ0n) is 9.70. The minimum atomic E-state index is -0.498. The Labute approximate surface area is 125 Å². The number of hydrogen-bond acceptors (Lipinski definition) is 2. The van der Waals surface area contributed by atoms with Crippen LogP contribution in [-0.4, -0.2) is 5.97 Å². The van der Waals surface area contributed by atoms with Gasteiger partial charge in [-0.3, -0.25) is 0 Å². The van der Waals surface area contributed by atoms with Crippen LogP contribution >= 0.6 is 34.8 Å². The van der Waals surface area contributed by atoms with Gasteiger partial charge in [-0.1, -0.05) is 46.9 Å². The molecule has 0 unspecified atom stereocenters. The molecule has 0 amide bonds. The third kappa shape index (κ3) is 3.87. The molecule has 0 atom stereocenters. The summed E-state index contributed by atoms with van der Waals surface area (Å²) in [5.74, 6) is -0.498. The van der Waals surface area contributed by atoms with Crippen molar-refractivity contribution < 1.29 is 9.53 Å². The Balaban J connectivity index is 2.05. The second-order valence-electron chi connectivity index (χ2n) is 3.83. The van der Waals surface area contributed by atoms with Crippen molar-refractivity contribution in [3.63, 3.8) is 0 Å². The van der Waals surface area contributed by atoms with Crippen molar-refractivity contribution in [2.45, 2.75) is 6.61 Å². The van der Waals surface area contributed by atoms with Crippen molar-refractivity contribution in [3.05, 3.63) is 68.7 Å². The van der Waals surface area contributed by atoms with E-state index in [2.05, 4.69) is 0 Å². The molecule has 2 aromatic carbocycles. The summed E-state index contributed by atoms with van der Waals surface area (Å²) in [7, 11) is 0. The fourth-order valence-corrected chi connectivity index (χ4v) is 2.21. The van der Waals surface area contributed by atoms with Gasteiger partial charge in [-0.15, -0.1) is 0 Å². The van der Waals surface area contributed by atoms with Crippen LogP contribution < -0.4 is 0 Å². The predicted octanol–water partition coefficient (Wildman–Crippen LogP) is 5.00. The van der Waals surface area contributed by atoms with Gasteiger partial charge in [-0.2, -0.15) is 0 Å². The summed E-state index contributed by atoms with van der Waals surface area (Å²) in [5, 5.41) is 1.33. The summed E-state index contributed by atoms with van der Waals surface area (Å²) in [6.07, 6.45) is 0. The van der Waals surface area contributed by atoms with Gasteiger partial charge in [0.15, 0.2) is 0 Å². The number of carbonyl (C=O) groups is 1. The summed E-state index contributed by atoms with van der Waals surface area (Å²) in [4.78, 5) is 11.9. The number of benzene rings is 2. The fraction of sp³-hybridized carbons (Fsp3) is 0.0714. The van der Waals surface area contributed by atoms with Gasteiger partial charge in [-0.25, -0.2) is 4.79 Å². The molecule has 0 heterocycles. The largest absolute Gasteiger partial charge is 0.457 e. The summed E-state index contributed by atoms with van der Waals surface area (Å²) < 4.78 is 5.16. The van der Waals surface area contributed by atoms with E-state index in [4.69, 9.17) is 39.5 Å². The Morgan fingerprint density at radius 1 is 1.00 bits per heavy atom. The van der Waals surface area contributed by atoms with E-state index < -0.39 is 5.97 Å². The van der Waals surface area contributed by atoms with Gasteiger partial charge >= 0.3 is 5.97 Å². The first kappa shape index (κ1) is 14.2. The van der Waals surface area contributed by atoms with E-state index in [0.717, 1.165) is 5.56 Å². The highest BCUT2D eigenvalue weighted by Crippen LogP contribution is 2.22. The molecule has 0 N–H and O–H groups in total. The highest BCUT2D eigenvalue weighted by Gasteiger charge is 2.12. The SMILES string of the molecule is O=C(OCc1cccc(Cl)c1)c1ccc(Cl)cc1Cl. The van der Waals surface area contributed by atoms with E-state index in [0.29, 0.717) is 10.0 Å². The fourth-order valence-electron chi connectivity index (χ4n) is 1.51. The van der Waals surface area contributed by atoms with E-state index in [9.17, 15) is 4.79 Å². The van der Waals surface area contributed by atoms with Crippen LogP contribution in [0, 0.1) is 0 Å². The van der Waals surface area contributed by atoms with Crippen LogP contribution in [0.1, 0.15) is 15.9 Å². The molecule has 2 rings (SSSR count). The van der Waals surface area contributed by atoms with Crippen LogP contribution in [0.15, 0.2) is 42.5 Å². The van der Waals surface area contributed by atoms with Gasteiger partial charge in [-0.05, 0) is 35.9 Å². The lowest BCUT2D eigenvalue weighted by Crippen LogP contribution is -2.05. The first-order valence-electron chi connectivity index (χ1n) is 5.43. The highest BCUT2D eigenvalue weighted by molar-refractivity contribution is 6.36. The molecule has 2 nitrogen and oxygen atoms in total. The molecule has 0 saturated carbocycles. The van der Waals surface area contributed by atoms with E-state index in [1.165, 1.54) is 12.1 Å². The Hall–Kier alpha value is -1.22. The second-order valence-corrected chi connectivity index (χ2v) is 5.11. The molecule has 0 aliphatic carbocycles. The van der Waals surface area contributed by atoms with Gasteiger partial charge < -0.3 is 4.74 Å². The Morgan fingerprint density at radius 3 is 2.42 bits per heavy atom. The van der Waals surface area contributed by atoms with Gasteiger partial charge in [0.05, 0.1) is 10.6 Å². The molecular weight excluding hydrogens is 307 g/mol. The molecule has 0 aliphatic heterocycles. The maximum Gasteiger partial charge on any atom is 0.339 e. The lowest BCUT2D eigenvalue weighted by atomic mass is 10.2. The Kier molecular flexibility index (Phi) is 4.70. The highest BCUT2D eigenvalue weighted by atomic mass is 35.5. The molecule has 0 bridgehead atoms. The normalized spacial score (nSPS) is 10.3. The number of hydrogen-bond donors (Lipinski definition) is 0. The topological polar surface area (TPSA) is 26.3 Å². The first-order valence-corrected chi connectivity index (χ1v) is 6.56. The molecule has 0 fully saturated rings. The van der Waals surface area contributed by atoms with Crippen LogP contribution in [0.5, 0.6) is 0 Å². The molecule has 0 saturated heterocycles. The van der Waals surface area contributed by atoms with Crippen LogP contribution in [0.25, 0.3) is 0 Å². The lowest BCUT2D eigenvalue weighted by Gasteiger charge is -2.07. The summed E-state index contributed by atoms with van der Waals surface area (Å²) >= 11 is 17.5. The van der Waals surface area contributed by atoms with Crippen molar-refractivity contribution in [2.24, 2.45) is 0 Å². The van der Waals surface area contributed by atoms with E-state index in [1.807, 2.05) is 6.07 Å². The molecule has 5 heteroatoms. The van der Waals surface area contributed by atoms with Crippen molar-refractivity contribution in [3.8, 4) is 0 Å². The number of halogens is 3. The van der Waals surface area contributed by atoms with Gasteiger partial charge in [0.1, 0.15) is 6.61 Å². The monoisotopic (exact) mass is 314 g/mol. The molecule has 98 valence electrons. The maximum absolute atomic E-state index is 11.9. The predicted molar refractivity (Wildman–Crippen MR) is 77.0 cm³/mol. The zero-order valence-corrected chi connectivity index (χ0v) is 12.0. The lowest BCUT2D eigenvalue weighted by molar-refractivity contribution is 0.0473. The average Bonchev–Trinajstić information content (AvgIpc) is 2.36. The van der Waals surface area contributed by atoms with Crippen LogP contribution in [0.2, 0.25) is 15.1 Å². The second kappa shape index (κ2) is 6.29. The number of esters is 1. The van der Waals surface area contributed by atoms with Crippen molar-refractivity contribution >= 4 is 40.8 Å². The maximum atomic E-state index is 11.9. The molecule has 0 aliphatic rings. The van der Waals surface area contributed by atoms with Crippen molar-refractivity contribution in [2.75, 3.05) is 0 Å². The Bertz CT molecular complexity index is 611. The molecule has 0 spiro atoms. The molecule has 19 heavy (non-hydrogen) atoms. The first-order chi connectivity index (χ1) is 9.06. The van der Waals surface area contributed by atoms with Gasteiger partial charge in [0, 0.05) is 10.0 Å². The number of rotatable bonds is 3. The number of carbonyl (C=O) groups excluding carboxylic acids is 1. The summed E-state index contributed by atoms with van der Waals surface area (Å²) in [5.41, 5.74) is 1.10. The van der Waals surface area contributed by atoms with Crippen LogP contribution in [-0.2, 0) is 11.3 Å². The third-order valence-electron chi connectivity index (χ3n) is 2.41. The van der Waals surface area contributed by atoms with E-state index in [-0.39, 0.29) is 17.2 Å². The summed E-state index contributed by atoms with van der Waals surface area (Å²) in [6.45, 7) is 0.137. The van der Waals surface area contributed by atoms with Crippen LogP contribution in [0.3, 0.4) is 0 Å². The minimum absolute atomic E-state index is 0.137. The smallest absolute Gasteiger partial charge is 0.339 e. The minimum Gasteiger partial charge on any atom is -0.457 e. The quantitative estimate of drug-likeness (QED) is 0.745.